The van der Waals surface area contributed by atoms with E-state index in [1.807, 2.05) is 55.5 Å². The number of para-hydroxylation sites is 2. The maximum atomic E-state index is 13.2. The minimum Gasteiger partial charge on any atom is -0.339 e. The Balaban J connectivity index is 1.73. The van der Waals surface area contributed by atoms with Gasteiger partial charge in [-0.2, -0.15) is 4.68 Å². The van der Waals surface area contributed by atoms with Crippen LogP contribution in [-0.4, -0.2) is 15.7 Å². The van der Waals surface area contributed by atoms with Gasteiger partial charge in [0.2, 0.25) is 0 Å². The van der Waals surface area contributed by atoms with Crippen molar-refractivity contribution in [1.29, 1.82) is 0 Å². The van der Waals surface area contributed by atoms with Crippen LogP contribution in [0.2, 0.25) is 10.0 Å². The lowest BCUT2D eigenvalue weighted by Crippen LogP contribution is -2.16. The van der Waals surface area contributed by atoms with E-state index in [0.29, 0.717) is 38.6 Å². The number of halogens is 2. The van der Waals surface area contributed by atoms with Gasteiger partial charge in [-0.3, -0.25) is 4.79 Å². The topological polar surface area (TPSA) is 59.0 Å². The zero-order valence-electron chi connectivity index (χ0n) is 16.1. The number of aromatic nitrogens is 2. The standard InChI is InChI=1S/C23H18Cl2N4O/c1-15-10-12-16(13-11-15)23(30)29-22(27-20-9-5-3-7-18(20)25)14-21(28-29)26-19-8-4-2-6-17(19)24/h2-14,27H,1H3,(H,26,28). The highest BCUT2D eigenvalue weighted by atomic mass is 35.5. The van der Waals surface area contributed by atoms with Gasteiger partial charge in [0.05, 0.1) is 21.4 Å². The lowest BCUT2D eigenvalue weighted by molar-refractivity contribution is 0.0948. The number of nitrogens with zero attached hydrogens (tertiary/aromatic N) is 2. The number of nitrogens with one attached hydrogen (secondary N) is 2. The summed E-state index contributed by atoms with van der Waals surface area (Å²) >= 11 is 12.5. The van der Waals surface area contributed by atoms with Crippen molar-refractivity contribution < 1.29 is 4.79 Å². The second kappa shape index (κ2) is 8.61. The molecule has 0 radical (unpaired) electrons. The molecule has 3 aromatic carbocycles. The maximum absolute atomic E-state index is 13.2. The largest absolute Gasteiger partial charge is 0.339 e. The Labute approximate surface area is 184 Å². The van der Waals surface area contributed by atoms with Gasteiger partial charge in [-0.05, 0) is 43.3 Å². The molecule has 30 heavy (non-hydrogen) atoms. The molecule has 0 unspecified atom stereocenters. The average molecular weight is 437 g/mol. The first-order chi connectivity index (χ1) is 14.5. The molecule has 0 amide bonds. The van der Waals surface area contributed by atoms with Gasteiger partial charge in [-0.1, -0.05) is 65.2 Å². The number of anilines is 4. The van der Waals surface area contributed by atoms with Crippen LogP contribution < -0.4 is 10.6 Å². The molecule has 7 heteroatoms. The molecule has 0 atom stereocenters. The highest BCUT2D eigenvalue weighted by Crippen LogP contribution is 2.29. The van der Waals surface area contributed by atoms with Gasteiger partial charge < -0.3 is 10.6 Å². The predicted octanol–water partition coefficient (Wildman–Crippen LogP) is 6.67. The minimum atomic E-state index is -0.267. The Bertz CT molecular complexity index is 1200. The van der Waals surface area contributed by atoms with Crippen LogP contribution in [0.15, 0.2) is 78.9 Å². The summed E-state index contributed by atoms with van der Waals surface area (Å²) in [5.41, 5.74) is 2.95. The van der Waals surface area contributed by atoms with E-state index in [4.69, 9.17) is 23.2 Å². The number of aryl methyl sites for hydroxylation is 1. The normalized spacial score (nSPS) is 10.6. The van der Waals surface area contributed by atoms with Crippen molar-refractivity contribution in [3.8, 4) is 0 Å². The molecule has 0 fully saturated rings. The van der Waals surface area contributed by atoms with E-state index in [-0.39, 0.29) is 5.91 Å². The molecule has 0 aliphatic carbocycles. The van der Waals surface area contributed by atoms with Crippen LogP contribution in [0.3, 0.4) is 0 Å². The lowest BCUT2D eigenvalue weighted by Gasteiger charge is -2.10. The zero-order chi connectivity index (χ0) is 21.1. The van der Waals surface area contributed by atoms with Crippen LogP contribution in [0.5, 0.6) is 0 Å². The van der Waals surface area contributed by atoms with E-state index in [0.717, 1.165) is 5.56 Å². The second-order valence-electron chi connectivity index (χ2n) is 6.71. The van der Waals surface area contributed by atoms with Crippen LogP contribution in [0, 0.1) is 6.92 Å². The Kier molecular flexibility index (Phi) is 5.74. The van der Waals surface area contributed by atoms with E-state index in [2.05, 4.69) is 15.7 Å². The fourth-order valence-corrected chi connectivity index (χ4v) is 3.27. The number of benzene rings is 3. The summed E-state index contributed by atoms with van der Waals surface area (Å²) in [5, 5.41) is 11.9. The van der Waals surface area contributed by atoms with Crippen LogP contribution in [0.1, 0.15) is 15.9 Å². The smallest absolute Gasteiger partial charge is 0.280 e. The molecule has 1 heterocycles. The lowest BCUT2D eigenvalue weighted by atomic mass is 10.1. The van der Waals surface area contributed by atoms with Crippen molar-refractivity contribution in [3.05, 3.63) is 100 Å². The zero-order valence-corrected chi connectivity index (χ0v) is 17.6. The van der Waals surface area contributed by atoms with Gasteiger partial charge in [-0.15, -0.1) is 5.10 Å². The monoisotopic (exact) mass is 436 g/mol. The molecule has 4 rings (SSSR count). The van der Waals surface area contributed by atoms with E-state index < -0.39 is 0 Å². The molecular weight excluding hydrogens is 419 g/mol. The van der Waals surface area contributed by atoms with Crippen molar-refractivity contribution in [2.24, 2.45) is 0 Å². The quantitative estimate of drug-likeness (QED) is 0.366. The highest BCUT2D eigenvalue weighted by Gasteiger charge is 2.18. The SMILES string of the molecule is Cc1ccc(C(=O)n2nc(Nc3ccccc3Cl)cc2Nc2ccccc2Cl)cc1. The molecule has 0 saturated carbocycles. The molecule has 0 saturated heterocycles. The first-order valence-corrected chi connectivity index (χ1v) is 10.0. The van der Waals surface area contributed by atoms with Gasteiger partial charge in [0, 0.05) is 11.6 Å². The molecule has 150 valence electrons. The van der Waals surface area contributed by atoms with Crippen molar-refractivity contribution in [1.82, 2.24) is 9.78 Å². The summed E-state index contributed by atoms with van der Waals surface area (Å²) in [6.07, 6.45) is 0. The van der Waals surface area contributed by atoms with Crippen LogP contribution >= 0.6 is 23.2 Å². The molecule has 0 aliphatic heterocycles. The molecule has 0 spiro atoms. The summed E-state index contributed by atoms with van der Waals surface area (Å²) in [5.74, 6) is 0.679. The fraction of sp³-hybridized carbons (Fsp3) is 0.0435. The third-order valence-electron chi connectivity index (χ3n) is 4.47. The summed E-state index contributed by atoms with van der Waals surface area (Å²) < 4.78 is 1.31. The van der Waals surface area contributed by atoms with Crippen molar-refractivity contribution in [3.63, 3.8) is 0 Å². The summed E-state index contributed by atoms with van der Waals surface area (Å²) in [6.45, 7) is 1.97. The Hall–Kier alpha value is -3.28. The molecule has 0 bridgehead atoms. The number of hydrogen-bond acceptors (Lipinski definition) is 4. The molecular formula is C23H18Cl2N4O. The van der Waals surface area contributed by atoms with Crippen molar-refractivity contribution in [2.75, 3.05) is 10.6 Å². The van der Waals surface area contributed by atoms with Gasteiger partial charge in [0.25, 0.3) is 5.91 Å². The molecule has 0 aliphatic rings. The third-order valence-corrected chi connectivity index (χ3v) is 5.13. The predicted molar refractivity (Wildman–Crippen MR) is 123 cm³/mol. The van der Waals surface area contributed by atoms with E-state index in [1.165, 1.54) is 4.68 Å². The summed E-state index contributed by atoms with van der Waals surface area (Å²) in [7, 11) is 0. The Morgan fingerprint density at radius 1 is 0.833 bits per heavy atom. The first kappa shape index (κ1) is 20.0. The van der Waals surface area contributed by atoms with Crippen molar-refractivity contribution >= 4 is 52.1 Å². The Morgan fingerprint density at radius 3 is 2.00 bits per heavy atom. The molecule has 4 aromatic rings. The molecule has 5 nitrogen and oxygen atoms in total. The van der Waals surface area contributed by atoms with Crippen LogP contribution in [0.4, 0.5) is 23.0 Å². The first-order valence-electron chi connectivity index (χ1n) is 9.26. The van der Waals surface area contributed by atoms with E-state index in [9.17, 15) is 4.79 Å². The second-order valence-corrected chi connectivity index (χ2v) is 7.52. The number of carbonyl (C=O) groups is 1. The van der Waals surface area contributed by atoms with E-state index >= 15 is 0 Å². The van der Waals surface area contributed by atoms with Gasteiger partial charge in [0.1, 0.15) is 5.82 Å². The van der Waals surface area contributed by atoms with E-state index in [1.54, 1.807) is 30.3 Å². The highest BCUT2D eigenvalue weighted by molar-refractivity contribution is 6.33. The fourth-order valence-electron chi connectivity index (χ4n) is 2.91. The van der Waals surface area contributed by atoms with Gasteiger partial charge in [0.15, 0.2) is 5.82 Å². The number of hydrogen-bond donors (Lipinski definition) is 2. The minimum absolute atomic E-state index is 0.267. The Morgan fingerprint density at radius 2 is 1.40 bits per heavy atom. The van der Waals surface area contributed by atoms with Crippen LogP contribution in [0.25, 0.3) is 0 Å². The average Bonchev–Trinajstić information content (AvgIpc) is 3.14. The van der Waals surface area contributed by atoms with Crippen molar-refractivity contribution in [2.45, 2.75) is 6.92 Å². The molecule has 1 aromatic heterocycles. The summed E-state index contributed by atoms with van der Waals surface area (Å²) in [6, 6.07) is 23.7. The summed E-state index contributed by atoms with van der Waals surface area (Å²) in [4.78, 5) is 13.2. The van der Waals surface area contributed by atoms with Gasteiger partial charge >= 0.3 is 0 Å². The maximum Gasteiger partial charge on any atom is 0.280 e. The number of carbonyl (C=O) groups excluding carboxylic acids is 1. The number of rotatable bonds is 5. The van der Waals surface area contributed by atoms with Crippen LogP contribution in [-0.2, 0) is 0 Å². The third kappa shape index (κ3) is 4.32. The van der Waals surface area contributed by atoms with Gasteiger partial charge in [-0.25, -0.2) is 0 Å². The molecule has 2 N–H and O–H groups in total.